The van der Waals surface area contributed by atoms with Crippen molar-refractivity contribution in [3.8, 4) is 0 Å². The Hall–Kier alpha value is -1.43. The monoisotopic (exact) mass is 298 g/mol. The third-order valence-electron chi connectivity index (χ3n) is 2.63. The number of nitrogens with one attached hydrogen (secondary N) is 1. The smallest absolute Gasteiger partial charge is 0.326 e. The number of aliphatic carboxylic acids is 1. The molecule has 2 rings (SSSR count). The fraction of sp³-hybridized carbons (Fsp3) is 0.364. The van der Waals surface area contributed by atoms with Crippen LogP contribution in [0.15, 0.2) is 22.9 Å². The van der Waals surface area contributed by atoms with Crippen LogP contribution >= 0.6 is 15.9 Å². The predicted octanol–water partition coefficient (Wildman–Crippen LogP) is 1.44. The first-order chi connectivity index (χ1) is 8.08. The van der Waals surface area contributed by atoms with Crippen molar-refractivity contribution in [1.29, 1.82) is 0 Å². The summed E-state index contributed by atoms with van der Waals surface area (Å²) in [4.78, 5) is 26.7. The topological polar surface area (TPSA) is 79.3 Å². The lowest BCUT2D eigenvalue weighted by molar-refractivity contribution is -0.139. The molecule has 1 unspecified atom stereocenters. The number of carboxylic acid groups (broad SMARTS) is 1. The van der Waals surface area contributed by atoms with E-state index in [1.807, 2.05) is 0 Å². The molecule has 6 heteroatoms. The zero-order valence-corrected chi connectivity index (χ0v) is 10.5. The Labute approximate surface area is 106 Å². The summed E-state index contributed by atoms with van der Waals surface area (Å²) in [5, 5.41) is 11.5. The second kappa shape index (κ2) is 4.83. The van der Waals surface area contributed by atoms with Gasteiger partial charge in [-0.1, -0.05) is 0 Å². The van der Waals surface area contributed by atoms with Gasteiger partial charge in [-0.25, -0.2) is 9.78 Å². The van der Waals surface area contributed by atoms with Crippen molar-refractivity contribution in [3.05, 3.63) is 28.5 Å². The summed E-state index contributed by atoms with van der Waals surface area (Å²) in [6.07, 6.45) is 3.21. The van der Waals surface area contributed by atoms with E-state index in [4.69, 9.17) is 5.11 Å². The summed E-state index contributed by atoms with van der Waals surface area (Å²) in [6, 6.07) is 2.32. The second-order valence-electron chi connectivity index (χ2n) is 3.99. The first-order valence-corrected chi connectivity index (χ1v) is 6.02. The van der Waals surface area contributed by atoms with Gasteiger partial charge >= 0.3 is 5.97 Å². The minimum Gasteiger partial charge on any atom is -0.480 e. The number of pyridine rings is 1. The summed E-state index contributed by atoms with van der Waals surface area (Å²) in [6.45, 7) is 0. The molecule has 90 valence electrons. The fourth-order valence-corrected chi connectivity index (χ4v) is 1.94. The first-order valence-electron chi connectivity index (χ1n) is 5.23. The van der Waals surface area contributed by atoms with Gasteiger partial charge in [-0.15, -0.1) is 0 Å². The van der Waals surface area contributed by atoms with Gasteiger partial charge in [0.25, 0.3) is 5.91 Å². The number of halogens is 1. The summed E-state index contributed by atoms with van der Waals surface area (Å²) in [7, 11) is 0. The van der Waals surface area contributed by atoms with Crippen molar-refractivity contribution >= 4 is 27.8 Å². The molecule has 2 N–H and O–H groups in total. The van der Waals surface area contributed by atoms with Crippen LogP contribution in [0.1, 0.15) is 23.2 Å². The lowest BCUT2D eigenvalue weighted by Gasteiger charge is -2.13. The Bertz CT molecular complexity index is 460. The zero-order chi connectivity index (χ0) is 12.4. The number of carboxylic acids is 1. The Morgan fingerprint density at radius 1 is 1.53 bits per heavy atom. The van der Waals surface area contributed by atoms with Gasteiger partial charge in [0.2, 0.25) is 0 Å². The SMILES string of the molecule is O=C(NC(C(=O)O)C1CC1)c1ccnc(Br)c1. The standard InChI is InChI=1S/C11H11BrN2O3/c12-8-5-7(3-4-13-8)10(15)14-9(11(16)17)6-1-2-6/h3-6,9H,1-2H2,(H,14,15)(H,16,17). The number of hydrogen-bond acceptors (Lipinski definition) is 3. The van der Waals surface area contributed by atoms with Gasteiger partial charge in [0.1, 0.15) is 10.6 Å². The van der Waals surface area contributed by atoms with E-state index in [1.165, 1.54) is 6.20 Å². The third kappa shape index (κ3) is 3.03. The van der Waals surface area contributed by atoms with Crippen molar-refractivity contribution < 1.29 is 14.7 Å². The Morgan fingerprint density at radius 3 is 2.76 bits per heavy atom. The molecular formula is C11H11BrN2O3. The normalized spacial score (nSPS) is 16.3. The average Bonchev–Trinajstić information content (AvgIpc) is 3.09. The molecule has 1 aromatic rings. The summed E-state index contributed by atoms with van der Waals surface area (Å²) < 4.78 is 0.545. The maximum atomic E-state index is 11.8. The fourth-order valence-electron chi connectivity index (χ4n) is 1.58. The summed E-state index contributed by atoms with van der Waals surface area (Å²) >= 11 is 3.16. The molecule has 17 heavy (non-hydrogen) atoms. The summed E-state index contributed by atoms with van der Waals surface area (Å²) in [5.41, 5.74) is 0.402. The van der Waals surface area contributed by atoms with Crippen LogP contribution in [0.5, 0.6) is 0 Å². The predicted molar refractivity (Wildman–Crippen MR) is 63.6 cm³/mol. The van der Waals surface area contributed by atoms with Gasteiger partial charge in [-0.3, -0.25) is 4.79 Å². The average molecular weight is 299 g/mol. The van der Waals surface area contributed by atoms with Gasteiger partial charge in [0.05, 0.1) is 0 Å². The Kier molecular flexibility index (Phi) is 3.42. The van der Waals surface area contributed by atoms with Crippen molar-refractivity contribution in [3.63, 3.8) is 0 Å². The van der Waals surface area contributed by atoms with E-state index in [2.05, 4.69) is 26.2 Å². The maximum Gasteiger partial charge on any atom is 0.326 e. The van der Waals surface area contributed by atoms with Crippen LogP contribution in [-0.4, -0.2) is 28.0 Å². The highest BCUT2D eigenvalue weighted by Crippen LogP contribution is 2.32. The molecule has 0 radical (unpaired) electrons. The van der Waals surface area contributed by atoms with Gasteiger partial charge < -0.3 is 10.4 Å². The molecule has 1 aliphatic rings. The van der Waals surface area contributed by atoms with E-state index in [9.17, 15) is 9.59 Å². The highest BCUT2D eigenvalue weighted by molar-refractivity contribution is 9.10. The van der Waals surface area contributed by atoms with E-state index in [0.29, 0.717) is 10.2 Å². The molecule has 1 aliphatic carbocycles. The Morgan fingerprint density at radius 2 is 2.24 bits per heavy atom. The minimum absolute atomic E-state index is 0.0710. The molecular weight excluding hydrogens is 288 g/mol. The van der Waals surface area contributed by atoms with E-state index < -0.39 is 12.0 Å². The highest BCUT2D eigenvalue weighted by Gasteiger charge is 2.37. The minimum atomic E-state index is -0.978. The molecule has 0 aliphatic heterocycles. The van der Waals surface area contributed by atoms with Crippen LogP contribution in [0.25, 0.3) is 0 Å². The number of carbonyl (C=O) groups is 2. The van der Waals surface area contributed by atoms with Gasteiger partial charge in [0, 0.05) is 11.8 Å². The number of nitrogens with zero attached hydrogens (tertiary/aromatic N) is 1. The van der Waals surface area contributed by atoms with Crippen LogP contribution < -0.4 is 5.32 Å². The summed E-state index contributed by atoms with van der Waals surface area (Å²) in [5.74, 6) is -1.29. The zero-order valence-electron chi connectivity index (χ0n) is 8.89. The van der Waals surface area contributed by atoms with Crippen LogP contribution in [0.3, 0.4) is 0 Å². The van der Waals surface area contributed by atoms with E-state index in [0.717, 1.165) is 12.8 Å². The van der Waals surface area contributed by atoms with E-state index in [-0.39, 0.29) is 11.8 Å². The second-order valence-corrected chi connectivity index (χ2v) is 4.81. The van der Waals surface area contributed by atoms with Crippen molar-refractivity contribution in [2.45, 2.75) is 18.9 Å². The van der Waals surface area contributed by atoms with Gasteiger partial charge in [-0.2, -0.15) is 0 Å². The molecule has 0 aromatic carbocycles. The molecule has 0 spiro atoms. The van der Waals surface area contributed by atoms with Crippen LogP contribution in [0, 0.1) is 5.92 Å². The lowest BCUT2D eigenvalue weighted by atomic mass is 10.1. The molecule has 1 aromatic heterocycles. The molecule has 0 bridgehead atoms. The van der Waals surface area contributed by atoms with Crippen molar-refractivity contribution in [2.24, 2.45) is 5.92 Å². The maximum absolute atomic E-state index is 11.8. The lowest BCUT2D eigenvalue weighted by Crippen LogP contribution is -2.42. The van der Waals surface area contributed by atoms with E-state index in [1.54, 1.807) is 12.1 Å². The first kappa shape index (κ1) is 12.0. The molecule has 0 saturated heterocycles. The molecule has 1 saturated carbocycles. The molecule has 1 fully saturated rings. The van der Waals surface area contributed by atoms with E-state index >= 15 is 0 Å². The molecule has 1 atom stereocenters. The van der Waals surface area contributed by atoms with Crippen LogP contribution in [-0.2, 0) is 4.79 Å². The highest BCUT2D eigenvalue weighted by atomic mass is 79.9. The third-order valence-corrected chi connectivity index (χ3v) is 3.07. The molecule has 1 amide bonds. The van der Waals surface area contributed by atoms with Gasteiger partial charge in [0.15, 0.2) is 0 Å². The largest absolute Gasteiger partial charge is 0.480 e. The van der Waals surface area contributed by atoms with Crippen LogP contribution in [0.2, 0.25) is 0 Å². The molecule has 5 nitrogen and oxygen atoms in total. The van der Waals surface area contributed by atoms with Crippen molar-refractivity contribution in [2.75, 3.05) is 0 Å². The number of aromatic nitrogens is 1. The van der Waals surface area contributed by atoms with Crippen molar-refractivity contribution in [1.82, 2.24) is 10.3 Å². The number of amides is 1. The molecule has 1 heterocycles. The number of rotatable bonds is 4. The number of hydrogen-bond donors (Lipinski definition) is 2. The quantitative estimate of drug-likeness (QED) is 0.824. The van der Waals surface area contributed by atoms with Gasteiger partial charge in [-0.05, 0) is 46.8 Å². The Balaban J connectivity index is 2.07. The number of carbonyl (C=O) groups excluding carboxylic acids is 1. The van der Waals surface area contributed by atoms with Crippen LogP contribution in [0.4, 0.5) is 0 Å².